The zero-order chi connectivity index (χ0) is 22.8. The molecule has 1 aliphatic heterocycles. The van der Waals surface area contributed by atoms with E-state index in [2.05, 4.69) is 30.8 Å². The van der Waals surface area contributed by atoms with Crippen LogP contribution in [0.1, 0.15) is 41.9 Å². The lowest BCUT2D eigenvalue weighted by Crippen LogP contribution is -2.39. The maximum Gasteiger partial charge on any atom is 0.289 e. The molecule has 0 spiro atoms. The van der Waals surface area contributed by atoms with Crippen molar-refractivity contribution in [1.82, 2.24) is 25.2 Å². The van der Waals surface area contributed by atoms with E-state index in [9.17, 15) is 9.59 Å². The van der Waals surface area contributed by atoms with Gasteiger partial charge in [-0.3, -0.25) is 9.59 Å². The second kappa shape index (κ2) is 9.05. The number of rotatable bonds is 7. The SMILES string of the molecule is Cc1cc(C(=O)NC[C@@H]2CC[C@H](Nc3ccc(-n4nc(N5CCC5)ccc4=O)cn3)C2)on1. The minimum atomic E-state index is -0.230. The third kappa shape index (κ3) is 4.74. The lowest BCUT2D eigenvalue weighted by atomic mass is 10.1. The zero-order valence-corrected chi connectivity index (χ0v) is 18.5. The van der Waals surface area contributed by atoms with E-state index in [1.807, 2.05) is 12.1 Å². The summed E-state index contributed by atoms with van der Waals surface area (Å²) >= 11 is 0. The monoisotopic (exact) mass is 449 g/mol. The van der Waals surface area contributed by atoms with Crippen LogP contribution < -0.4 is 21.1 Å². The molecular formula is C23H27N7O3. The third-order valence-corrected chi connectivity index (χ3v) is 6.25. The summed E-state index contributed by atoms with van der Waals surface area (Å²) in [5.41, 5.74) is 1.15. The van der Waals surface area contributed by atoms with Gasteiger partial charge in [-0.2, -0.15) is 4.68 Å². The Kier molecular flexibility index (Phi) is 5.80. The average Bonchev–Trinajstić information content (AvgIpc) is 3.42. The Hall–Kier alpha value is -3.69. The number of anilines is 2. The molecule has 2 fully saturated rings. The number of hydrogen-bond acceptors (Lipinski definition) is 8. The van der Waals surface area contributed by atoms with Gasteiger partial charge in [-0.25, -0.2) is 4.98 Å². The minimum Gasteiger partial charge on any atom is -0.367 e. The number of nitrogens with one attached hydrogen (secondary N) is 2. The van der Waals surface area contributed by atoms with E-state index in [0.29, 0.717) is 23.8 Å². The second-order valence-corrected chi connectivity index (χ2v) is 8.75. The summed E-state index contributed by atoms with van der Waals surface area (Å²) < 4.78 is 6.40. The molecule has 10 heteroatoms. The number of amides is 1. The van der Waals surface area contributed by atoms with Crippen molar-refractivity contribution in [3.8, 4) is 5.69 Å². The van der Waals surface area contributed by atoms with Gasteiger partial charge in [-0.1, -0.05) is 5.16 Å². The van der Waals surface area contributed by atoms with Crippen molar-refractivity contribution in [2.45, 2.75) is 38.6 Å². The fourth-order valence-electron chi connectivity index (χ4n) is 4.29. The molecule has 10 nitrogen and oxygen atoms in total. The molecule has 0 unspecified atom stereocenters. The molecule has 2 atom stereocenters. The Labute approximate surface area is 191 Å². The van der Waals surface area contributed by atoms with Crippen LogP contribution in [-0.2, 0) is 0 Å². The van der Waals surface area contributed by atoms with Gasteiger partial charge in [0.1, 0.15) is 11.6 Å². The molecule has 1 amide bonds. The van der Waals surface area contributed by atoms with E-state index in [1.165, 1.54) is 4.68 Å². The van der Waals surface area contributed by atoms with Crippen LogP contribution in [0.2, 0.25) is 0 Å². The number of pyridine rings is 1. The van der Waals surface area contributed by atoms with Crippen LogP contribution in [0.3, 0.4) is 0 Å². The number of carbonyl (C=O) groups excluding carboxylic acids is 1. The van der Waals surface area contributed by atoms with Crippen LogP contribution in [0.4, 0.5) is 11.6 Å². The molecule has 5 rings (SSSR count). The van der Waals surface area contributed by atoms with Crippen molar-refractivity contribution >= 4 is 17.5 Å². The van der Waals surface area contributed by atoms with Gasteiger partial charge < -0.3 is 20.1 Å². The van der Waals surface area contributed by atoms with Crippen LogP contribution >= 0.6 is 0 Å². The van der Waals surface area contributed by atoms with Crippen molar-refractivity contribution in [3.05, 3.63) is 58.3 Å². The molecule has 0 aromatic carbocycles. The van der Waals surface area contributed by atoms with Gasteiger partial charge in [-0.15, -0.1) is 5.10 Å². The number of carbonyl (C=O) groups is 1. The largest absolute Gasteiger partial charge is 0.367 e. The first-order chi connectivity index (χ1) is 16.0. The zero-order valence-electron chi connectivity index (χ0n) is 18.5. The summed E-state index contributed by atoms with van der Waals surface area (Å²) in [4.78, 5) is 31.1. The van der Waals surface area contributed by atoms with E-state index < -0.39 is 0 Å². The van der Waals surface area contributed by atoms with Gasteiger partial charge in [0.25, 0.3) is 11.5 Å². The highest BCUT2D eigenvalue weighted by atomic mass is 16.5. The van der Waals surface area contributed by atoms with Crippen molar-refractivity contribution < 1.29 is 9.32 Å². The highest BCUT2D eigenvalue weighted by molar-refractivity contribution is 5.91. The van der Waals surface area contributed by atoms with Gasteiger partial charge in [-0.05, 0) is 56.7 Å². The first-order valence-electron chi connectivity index (χ1n) is 11.3. The quantitative estimate of drug-likeness (QED) is 0.563. The van der Waals surface area contributed by atoms with Crippen LogP contribution in [0.25, 0.3) is 5.69 Å². The fourth-order valence-corrected chi connectivity index (χ4v) is 4.29. The lowest BCUT2D eigenvalue weighted by Gasteiger charge is -2.31. The molecule has 2 N–H and O–H groups in total. The van der Waals surface area contributed by atoms with Gasteiger partial charge in [0.2, 0.25) is 5.76 Å². The van der Waals surface area contributed by atoms with E-state index in [1.54, 1.807) is 31.3 Å². The highest BCUT2D eigenvalue weighted by Crippen LogP contribution is 2.27. The summed E-state index contributed by atoms with van der Waals surface area (Å²) in [5.74, 6) is 1.98. The summed E-state index contributed by atoms with van der Waals surface area (Å²) in [7, 11) is 0. The Morgan fingerprint density at radius 2 is 2.09 bits per heavy atom. The topological polar surface area (TPSA) is 118 Å². The predicted molar refractivity (Wildman–Crippen MR) is 123 cm³/mol. The molecule has 3 aromatic rings. The average molecular weight is 450 g/mol. The number of aromatic nitrogens is 4. The van der Waals surface area contributed by atoms with Crippen LogP contribution in [-0.4, -0.2) is 51.5 Å². The number of hydrogen-bond donors (Lipinski definition) is 2. The molecule has 33 heavy (non-hydrogen) atoms. The molecule has 3 aromatic heterocycles. The first-order valence-corrected chi connectivity index (χ1v) is 11.3. The van der Waals surface area contributed by atoms with Crippen molar-refractivity contribution in [1.29, 1.82) is 0 Å². The second-order valence-electron chi connectivity index (χ2n) is 8.75. The fraction of sp³-hybridized carbons (Fsp3) is 0.435. The van der Waals surface area contributed by atoms with Gasteiger partial charge in [0.05, 0.1) is 17.6 Å². The molecule has 2 aliphatic rings. The maximum atomic E-state index is 12.3. The van der Waals surface area contributed by atoms with Crippen LogP contribution in [0, 0.1) is 12.8 Å². The molecule has 1 aliphatic carbocycles. The summed E-state index contributed by atoms with van der Waals surface area (Å²) in [5, 5.41) is 14.6. The van der Waals surface area contributed by atoms with Crippen LogP contribution in [0.5, 0.6) is 0 Å². The van der Waals surface area contributed by atoms with E-state index in [0.717, 1.165) is 50.4 Å². The summed E-state index contributed by atoms with van der Waals surface area (Å²) in [6.45, 7) is 4.33. The van der Waals surface area contributed by atoms with E-state index in [-0.39, 0.29) is 23.3 Å². The smallest absolute Gasteiger partial charge is 0.289 e. The van der Waals surface area contributed by atoms with Crippen LogP contribution in [0.15, 0.2) is 45.8 Å². The summed E-state index contributed by atoms with van der Waals surface area (Å²) in [6, 6.07) is 8.97. The normalized spacial score (nSPS) is 19.8. The van der Waals surface area contributed by atoms with E-state index in [4.69, 9.17) is 4.52 Å². The molecule has 1 saturated heterocycles. The van der Waals surface area contributed by atoms with Crippen molar-refractivity contribution in [3.63, 3.8) is 0 Å². The Morgan fingerprint density at radius 3 is 2.79 bits per heavy atom. The van der Waals surface area contributed by atoms with E-state index >= 15 is 0 Å². The Morgan fingerprint density at radius 1 is 1.21 bits per heavy atom. The molecular weight excluding hydrogens is 422 g/mol. The Balaban J connectivity index is 1.15. The van der Waals surface area contributed by atoms with Crippen molar-refractivity contribution in [2.75, 3.05) is 29.9 Å². The van der Waals surface area contributed by atoms with Crippen molar-refractivity contribution in [2.24, 2.45) is 5.92 Å². The molecule has 172 valence electrons. The molecule has 0 radical (unpaired) electrons. The highest BCUT2D eigenvalue weighted by Gasteiger charge is 2.26. The standard InChI is InChI=1S/C23H27N7O3/c1-15-11-19(33-28-15)23(32)25-13-16-3-4-17(12-16)26-20-6-5-18(14-24-20)30-22(31)8-7-21(27-30)29-9-2-10-29/h5-8,11,14,16-17H,2-4,9-10,12-13H2,1H3,(H,24,26)(H,25,32)/t16-,17+/m1/s1. The first kappa shape index (κ1) is 21.2. The maximum absolute atomic E-state index is 12.3. The molecule has 0 bridgehead atoms. The van der Waals surface area contributed by atoms with Gasteiger partial charge >= 0.3 is 0 Å². The number of nitrogens with zero attached hydrogens (tertiary/aromatic N) is 5. The number of aryl methyl sites for hydroxylation is 1. The minimum absolute atomic E-state index is 0.178. The molecule has 4 heterocycles. The molecule has 1 saturated carbocycles. The lowest BCUT2D eigenvalue weighted by molar-refractivity contribution is 0.0910. The van der Waals surface area contributed by atoms with Gasteiger partial charge in [0.15, 0.2) is 0 Å². The predicted octanol–water partition coefficient (Wildman–Crippen LogP) is 2.14. The summed E-state index contributed by atoms with van der Waals surface area (Å²) in [6.07, 6.45) is 5.79. The Bertz CT molecular complexity index is 1180. The van der Waals surface area contributed by atoms with Gasteiger partial charge in [0, 0.05) is 37.8 Å². The third-order valence-electron chi connectivity index (χ3n) is 6.25.